The molecule has 5 N–H and O–H groups in total. The summed E-state index contributed by atoms with van der Waals surface area (Å²) in [6.45, 7) is 7.49. The molecular formula is C36H53N7O6. The summed E-state index contributed by atoms with van der Waals surface area (Å²) in [5.74, 6) is -3.50. The molecule has 7 atom stereocenters. The van der Waals surface area contributed by atoms with Gasteiger partial charge in [0.15, 0.2) is 0 Å². The molecule has 268 valence electrons. The Morgan fingerprint density at radius 3 is 2.18 bits per heavy atom. The fourth-order valence-corrected chi connectivity index (χ4v) is 8.00. The zero-order valence-corrected chi connectivity index (χ0v) is 29.3. The van der Waals surface area contributed by atoms with Gasteiger partial charge in [-0.2, -0.15) is 0 Å². The highest BCUT2D eigenvalue weighted by Gasteiger charge is 2.53. The van der Waals surface area contributed by atoms with Crippen molar-refractivity contribution in [2.75, 3.05) is 0 Å². The van der Waals surface area contributed by atoms with Crippen molar-refractivity contribution < 1.29 is 28.8 Å². The molecule has 5 rings (SSSR count). The Hall–Kier alpha value is -3.90. The van der Waals surface area contributed by atoms with Crippen LogP contribution in [0.4, 0.5) is 0 Å². The standard InChI is InChI=1S/C36H53N7O6/c1-5-9-24(29(44)34(48)39-23-14-15-23)40-32(46)26-21-12-13-22(18-21)27(26)41-35(49)30(36(2,3)4)43-33(47)28(20-10-7-6-8-11-20)42-31(45)25-19-37-16-17-38-25/h16-17,19-24,26-28,30H,5-15,18H2,1-4H3,(H,39,48)(H,40,46)(H,41,49)(H,42,45)(H,43,47)/t21-,22+,24?,26+,27-,28-,30+/m0/s1. The van der Waals surface area contributed by atoms with Gasteiger partial charge in [0, 0.05) is 24.5 Å². The number of nitrogens with zero attached hydrogens (tertiary/aromatic N) is 2. The molecule has 13 nitrogen and oxygen atoms in total. The number of amides is 5. The first-order valence-electron chi connectivity index (χ1n) is 18.2. The van der Waals surface area contributed by atoms with Crippen molar-refractivity contribution in [3.05, 3.63) is 24.3 Å². The molecule has 2 bridgehead atoms. The molecule has 0 saturated heterocycles. The number of hydrogen-bond acceptors (Lipinski definition) is 8. The quantitative estimate of drug-likeness (QED) is 0.185. The molecule has 0 spiro atoms. The predicted octanol–water partition coefficient (Wildman–Crippen LogP) is 2.35. The van der Waals surface area contributed by atoms with E-state index in [1.807, 2.05) is 27.7 Å². The van der Waals surface area contributed by atoms with E-state index < -0.39 is 64.9 Å². The Labute approximate surface area is 288 Å². The van der Waals surface area contributed by atoms with E-state index in [1.165, 1.54) is 18.6 Å². The molecule has 1 unspecified atom stereocenters. The van der Waals surface area contributed by atoms with Crippen LogP contribution in [0.3, 0.4) is 0 Å². The van der Waals surface area contributed by atoms with Gasteiger partial charge in [-0.3, -0.25) is 33.8 Å². The lowest BCUT2D eigenvalue weighted by Crippen LogP contribution is -2.62. The summed E-state index contributed by atoms with van der Waals surface area (Å²) in [6.07, 6.45) is 13.9. The number of nitrogens with one attached hydrogen (secondary N) is 5. The molecular weight excluding hydrogens is 626 g/mol. The molecule has 4 fully saturated rings. The predicted molar refractivity (Wildman–Crippen MR) is 181 cm³/mol. The lowest BCUT2D eigenvalue weighted by molar-refractivity contribution is -0.141. The maximum atomic E-state index is 14.1. The van der Waals surface area contributed by atoms with Gasteiger partial charge < -0.3 is 26.6 Å². The van der Waals surface area contributed by atoms with Gasteiger partial charge in [-0.1, -0.05) is 53.4 Å². The first kappa shape index (κ1) is 36.4. The van der Waals surface area contributed by atoms with Crippen LogP contribution in [0.5, 0.6) is 0 Å². The second-order valence-corrected chi connectivity index (χ2v) is 15.6. The maximum absolute atomic E-state index is 14.1. The number of ketones is 1. The molecule has 1 heterocycles. The molecule has 0 radical (unpaired) electrons. The third-order valence-electron chi connectivity index (χ3n) is 10.8. The highest BCUT2D eigenvalue weighted by atomic mass is 16.2. The zero-order valence-electron chi connectivity index (χ0n) is 29.3. The van der Waals surface area contributed by atoms with Gasteiger partial charge in [-0.15, -0.1) is 0 Å². The number of aromatic nitrogens is 2. The Kier molecular flexibility index (Phi) is 11.7. The highest BCUT2D eigenvalue weighted by molar-refractivity contribution is 6.38. The second kappa shape index (κ2) is 15.8. The van der Waals surface area contributed by atoms with Gasteiger partial charge in [0.2, 0.25) is 23.5 Å². The number of Topliss-reactive ketones (excluding diaryl/α,β-unsaturated/α-hetero) is 1. The lowest BCUT2D eigenvalue weighted by Gasteiger charge is -2.37. The van der Waals surface area contributed by atoms with Crippen molar-refractivity contribution in [3.8, 4) is 0 Å². The second-order valence-electron chi connectivity index (χ2n) is 15.6. The largest absolute Gasteiger partial charge is 0.350 e. The molecule has 4 saturated carbocycles. The third-order valence-corrected chi connectivity index (χ3v) is 10.8. The van der Waals surface area contributed by atoms with Crippen LogP contribution in [0, 0.1) is 29.1 Å². The summed E-state index contributed by atoms with van der Waals surface area (Å²) in [5.41, 5.74) is -0.595. The molecule has 4 aliphatic carbocycles. The monoisotopic (exact) mass is 679 g/mol. The first-order valence-corrected chi connectivity index (χ1v) is 18.2. The van der Waals surface area contributed by atoms with E-state index in [0.29, 0.717) is 12.8 Å². The summed E-state index contributed by atoms with van der Waals surface area (Å²) in [4.78, 5) is 88.7. The fourth-order valence-electron chi connectivity index (χ4n) is 8.00. The normalized spacial score (nSPS) is 25.4. The average molecular weight is 680 g/mol. The van der Waals surface area contributed by atoms with Gasteiger partial charge in [0.25, 0.3) is 11.8 Å². The number of hydrogen-bond donors (Lipinski definition) is 5. The van der Waals surface area contributed by atoms with Crippen LogP contribution in [0.2, 0.25) is 0 Å². The fraction of sp³-hybridized carbons (Fsp3) is 0.722. The van der Waals surface area contributed by atoms with Crippen molar-refractivity contribution in [2.24, 2.45) is 29.1 Å². The van der Waals surface area contributed by atoms with Crippen molar-refractivity contribution in [1.29, 1.82) is 0 Å². The van der Waals surface area contributed by atoms with Crippen LogP contribution in [-0.4, -0.2) is 75.5 Å². The summed E-state index contributed by atoms with van der Waals surface area (Å²) >= 11 is 0. The highest BCUT2D eigenvalue weighted by Crippen LogP contribution is 2.49. The van der Waals surface area contributed by atoms with E-state index in [2.05, 4.69) is 36.6 Å². The smallest absolute Gasteiger partial charge is 0.289 e. The van der Waals surface area contributed by atoms with Gasteiger partial charge in [0.05, 0.1) is 18.2 Å². The molecule has 0 aromatic carbocycles. The Morgan fingerprint density at radius 1 is 0.837 bits per heavy atom. The van der Waals surface area contributed by atoms with Crippen molar-refractivity contribution >= 4 is 35.3 Å². The van der Waals surface area contributed by atoms with E-state index in [-0.39, 0.29) is 35.4 Å². The van der Waals surface area contributed by atoms with Crippen LogP contribution >= 0.6 is 0 Å². The first-order chi connectivity index (χ1) is 23.4. The molecule has 49 heavy (non-hydrogen) atoms. The Balaban J connectivity index is 1.29. The molecule has 1 aromatic heterocycles. The minimum Gasteiger partial charge on any atom is -0.350 e. The van der Waals surface area contributed by atoms with Crippen LogP contribution in [-0.2, 0) is 24.0 Å². The molecule has 1 aromatic rings. The molecule has 5 amide bonds. The molecule has 0 aliphatic heterocycles. The van der Waals surface area contributed by atoms with Gasteiger partial charge in [0.1, 0.15) is 17.8 Å². The Bertz CT molecular complexity index is 1390. The maximum Gasteiger partial charge on any atom is 0.289 e. The zero-order chi connectivity index (χ0) is 35.3. The third kappa shape index (κ3) is 9.02. The van der Waals surface area contributed by atoms with Gasteiger partial charge in [-0.25, -0.2) is 4.98 Å². The molecule has 4 aliphatic rings. The number of rotatable bonds is 14. The van der Waals surface area contributed by atoms with Crippen LogP contribution in [0.15, 0.2) is 18.6 Å². The number of carbonyl (C=O) groups is 6. The summed E-state index contributed by atoms with van der Waals surface area (Å²) in [7, 11) is 0. The minimum absolute atomic E-state index is 0.0308. The van der Waals surface area contributed by atoms with Gasteiger partial charge >= 0.3 is 0 Å². The number of fused-ring (bicyclic) bond motifs is 2. The van der Waals surface area contributed by atoms with Gasteiger partial charge in [-0.05, 0) is 74.5 Å². The van der Waals surface area contributed by atoms with E-state index in [1.54, 1.807) is 0 Å². The van der Waals surface area contributed by atoms with Crippen LogP contribution in [0.25, 0.3) is 0 Å². The summed E-state index contributed by atoms with van der Waals surface area (Å²) < 4.78 is 0. The number of carbonyl (C=O) groups excluding carboxylic acids is 6. The van der Waals surface area contributed by atoms with Crippen molar-refractivity contribution in [2.45, 2.75) is 135 Å². The minimum atomic E-state index is -0.956. The summed E-state index contributed by atoms with van der Waals surface area (Å²) in [5, 5.41) is 14.6. The van der Waals surface area contributed by atoms with E-state index >= 15 is 0 Å². The van der Waals surface area contributed by atoms with Crippen LogP contribution < -0.4 is 26.6 Å². The van der Waals surface area contributed by atoms with E-state index in [4.69, 9.17) is 0 Å². The summed E-state index contributed by atoms with van der Waals surface area (Å²) in [6, 6.07) is -3.19. The SMILES string of the molecule is CCCC(NC(=O)[C@@H]1[C@H]2CC[C@H](C2)[C@@H]1NC(=O)[C@@H](NC(=O)[C@@H](NC(=O)c1cnccn1)C1CCCCC1)C(C)(C)C)C(=O)C(=O)NC1CC1. The Morgan fingerprint density at radius 2 is 1.55 bits per heavy atom. The molecule has 13 heteroatoms. The van der Waals surface area contributed by atoms with Crippen LogP contribution in [0.1, 0.15) is 115 Å². The topological polar surface area (TPSA) is 188 Å². The van der Waals surface area contributed by atoms with E-state index in [0.717, 1.165) is 64.2 Å². The van der Waals surface area contributed by atoms with Crippen molar-refractivity contribution in [3.63, 3.8) is 0 Å². The lowest BCUT2D eigenvalue weighted by atomic mass is 9.81. The van der Waals surface area contributed by atoms with Crippen molar-refractivity contribution in [1.82, 2.24) is 36.6 Å². The average Bonchev–Trinajstić information content (AvgIpc) is 3.66. The van der Waals surface area contributed by atoms with E-state index in [9.17, 15) is 28.8 Å².